The minimum atomic E-state index is -1.41. The number of aliphatic hydroxyl groups excluding tert-OH is 1. The standard InChI is InChI=1S/C5H5NO3/c1-3(7)4(2-6)5(8)9/h7H,1H3,(H,8,9)/b4-3+. The number of aliphatic carboxylic acids is 1. The van der Waals surface area contributed by atoms with Gasteiger partial charge in [-0.25, -0.2) is 4.79 Å². The minimum Gasteiger partial charge on any atom is -0.511 e. The van der Waals surface area contributed by atoms with E-state index in [9.17, 15) is 4.79 Å². The van der Waals surface area contributed by atoms with E-state index in [-0.39, 0.29) is 0 Å². The van der Waals surface area contributed by atoms with E-state index < -0.39 is 17.3 Å². The van der Waals surface area contributed by atoms with Crippen molar-refractivity contribution in [1.29, 1.82) is 5.26 Å². The highest BCUT2D eigenvalue weighted by molar-refractivity contribution is 5.91. The molecular formula is C5H5NO3. The second-order valence-corrected chi connectivity index (χ2v) is 1.38. The number of nitriles is 1. The summed E-state index contributed by atoms with van der Waals surface area (Å²) in [5.41, 5.74) is -0.616. The number of allylic oxidation sites excluding steroid dienone is 1. The second-order valence-electron chi connectivity index (χ2n) is 1.38. The predicted octanol–water partition coefficient (Wildman–Crippen LogP) is 0.427. The Bertz CT molecular complexity index is 195. The Labute approximate surface area is 51.7 Å². The maximum atomic E-state index is 9.93. The summed E-state index contributed by atoms with van der Waals surface area (Å²) in [6, 6.07) is 1.33. The molecule has 0 unspecified atom stereocenters. The van der Waals surface area contributed by atoms with Gasteiger partial charge in [0.15, 0.2) is 5.57 Å². The Balaban J connectivity index is 4.62. The van der Waals surface area contributed by atoms with Crippen LogP contribution in [0.25, 0.3) is 0 Å². The zero-order chi connectivity index (χ0) is 7.44. The van der Waals surface area contributed by atoms with Gasteiger partial charge in [-0.05, 0) is 6.92 Å². The molecule has 48 valence electrons. The Morgan fingerprint density at radius 2 is 2.00 bits per heavy atom. The van der Waals surface area contributed by atoms with Crippen LogP contribution in [0.2, 0.25) is 0 Å². The van der Waals surface area contributed by atoms with Crippen molar-refractivity contribution in [3.05, 3.63) is 11.3 Å². The molecule has 0 rings (SSSR count). The van der Waals surface area contributed by atoms with Crippen molar-refractivity contribution in [2.75, 3.05) is 0 Å². The van der Waals surface area contributed by atoms with Crippen molar-refractivity contribution in [2.24, 2.45) is 0 Å². The van der Waals surface area contributed by atoms with E-state index in [1.165, 1.54) is 6.07 Å². The van der Waals surface area contributed by atoms with Crippen LogP contribution in [-0.2, 0) is 4.79 Å². The Morgan fingerprint density at radius 1 is 1.56 bits per heavy atom. The first-order valence-electron chi connectivity index (χ1n) is 2.12. The van der Waals surface area contributed by atoms with Gasteiger partial charge in [-0.3, -0.25) is 0 Å². The van der Waals surface area contributed by atoms with Crippen LogP contribution in [0.3, 0.4) is 0 Å². The molecule has 0 aromatic rings. The van der Waals surface area contributed by atoms with Crippen LogP contribution in [0.15, 0.2) is 11.3 Å². The fourth-order valence-corrected chi connectivity index (χ4v) is 0.283. The maximum absolute atomic E-state index is 9.93. The summed E-state index contributed by atoms with van der Waals surface area (Å²) < 4.78 is 0. The zero-order valence-corrected chi connectivity index (χ0v) is 4.75. The Morgan fingerprint density at radius 3 is 2.00 bits per heavy atom. The third-order valence-corrected chi connectivity index (χ3v) is 0.687. The van der Waals surface area contributed by atoms with E-state index in [1.807, 2.05) is 0 Å². The van der Waals surface area contributed by atoms with Crippen molar-refractivity contribution in [2.45, 2.75) is 6.92 Å². The number of hydrogen-bond acceptors (Lipinski definition) is 3. The lowest BCUT2D eigenvalue weighted by atomic mass is 10.3. The molecule has 0 amide bonds. The van der Waals surface area contributed by atoms with Gasteiger partial charge >= 0.3 is 5.97 Å². The van der Waals surface area contributed by atoms with Gasteiger partial charge in [-0.15, -0.1) is 0 Å². The normalized spacial score (nSPS) is 11.6. The number of carboxylic acids is 1. The van der Waals surface area contributed by atoms with Gasteiger partial charge in [0.2, 0.25) is 0 Å². The molecule has 0 saturated carbocycles. The van der Waals surface area contributed by atoms with Crippen molar-refractivity contribution in [1.82, 2.24) is 0 Å². The summed E-state index contributed by atoms with van der Waals surface area (Å²) in [4.78, 5) is 9.93. The van der Waals surface area contributed by atoms with Crippen molar-refractivity contribution < 1.29 is 15.0 Å². The van der Waals surface area contributed by atoms with Crippen LogP contribution in [0.5, 0.6) is 0 Å². The van der Waals surface area contributed by atoms with Gasteiger partial charge in [-0.2, -0.15) is 5.26 Å². The average molecular weight is 127 g/mol. The lowest BCUT2D eigenvalue weighted by molar-refractivity contribution is -0.132. The summed E-state index contributed by atoms with van der Waals surface area (Å²) in [5.74, 6) is -1.87. The third-order valence-electron chi connectivity index (χ3n) is 0.687. The molecular weight excluding hydrogens is 122 g/mol. The highest BCUT2D eigenvalue weighted by Gasteiger charge is 2.08. The van der Waals surface area contributed by atoms with Crippen LogP contribution in [-0.4, -0.2) is 16.2 Å². The van der Waals surface area contributed by atoms with E-state index in [1.54, 1.807) is 0 Å². The fourth-order valence-electron chi connectivity index (χ4n) is 0.283. The van der Waals surface area contributed by atoms with Crippen LogP contribution in [0, 0.1) is 11.3 Å². The minimum absolute atomic E-state index is 0.468. The predicted molar refractivity (Wildman–Crippen MR) is 28.6 cm³/mol. The van der Waals surface area contributed by atoms with Crippen molar-refractivity contribution in [3.63, 3.8) is 0 Å². The molecule has 9 heavy (non-hydrogen) atoms. The number of carbonyl (C=O) groups is 1. The first-order valence-corrected chi connectivity index (χ1v) is 2.12. The third kappa shape index (κ3) is 1.82. The zero-order valence-electron chi connectivity index (χ0n) is 4.75. The van der Waals surface area contributed by atoms with Gasteiger partial charge in [0.1, 0.15) is 11.8 Å². The lowest BCUT2D eigenvalue weighted by Crippen LogP contribution is -2.00. The molecule has 0 aromatic heterocycles. The quantitative estimate of drug-likeness (QED) is 0.304. The largest absolute Gasteiger partial charge is 0.511 e. The van der Waals surface area contributed by atoms with Crippen LogP contribution >= 0.6 is 0 Å². The molecule has 0 bridgehead atoms. The number of carboxylic acid groups (broad SMARTS) is 1. The van der Waals surface area contributed by atoms with E-state index in [4.69, 9.17) is 15.5 Å². The van der Waals surface area contributed by atoms with Gasteiger partial charge in [0, 0.05) is 0 Å². The molecule has 0 radical (unpaired) electrons. The molecule has 0 heterocycles. The van der Waals surface area contributed by atoms with Crippen LogP contribution in [0.1, 0.15) is 6.92 Å². The summed E-state index contributed by atoms with van der Waals surface area (Å²) in [5, 5.41) is 24.6. The maximum Gasteiger partial charge on any atom is 0.349 e. The van der Waals surface area contributed by atoms with Gasteiger partial charge in [0.25, 0.3) is 0 Å². The topological polar surface area (TPSA) is 81.3 Å². The SMILES string of the molecule is C/C(O)=C(/C#N)C(=O)O. The number of rotatable bonds is 1. The van der Waals surface area contributed by atoms with E-state index in [2.05, 4.69) is 0 Å². The summed E-state index contributed by atoms with van der Waals surface area (Å²) in [7, 11) is 0. The highest BCUT2D eigenvalue weighted by atomic mass is 16.4. The van der Waals surface area contributed by atoms with E-state index in [0.29, 0.717) is 0 Å². The molecule has 0 spiro atoms. The molecule has 0 fully saturated rings. The molecule has 0 aliphatic heterocycles. The molecule has 4 heteroatoms. The molecule has 0 saturated heterocycles. The number of hydrogen-bond donors (Lipinski definition) is 2. The molecule has 0 aromatic carbocycles. The average Bonchev–Trinajstić information content (AvgIpc) is 1.64. The first kappa shape index (κ1) is 7.50. The van der Waals surface area contributed by atoms with Gasteiger partial charge in [-0.1, -0.05) is 0 Å². The molecule has 0 aliphatic rings. The van der Waals surface area contributed by atoms with Crippen molar-refractivity contribution in [3.8, 4) is 6.07 Å². The molecule has 4 nitrogen and oxygen atoms in total. The molecule has 0 aliphatic carbocycles. The number of aliphatic hydroxyl groups is 1. The summed E-state index contributed by atoms with van der Waals surface area (Å²) in [6.07, 6.45) is 0. The first-order chi connectivity index (χ1) is 4.09. The smallest absolute Gasteiger partial charge is 0.349 e. The monoisotopic (exact) mass is 127 g/mol. The van der Waals surface area contributed by atoms with Crippen LogP contribution < -0.4 is 0 Å². The highest BCUT2D eigenvalue weighted by Crippen LogP contribution is 1.97. The summed E-state index contributed by atoms with van der Waals surface area (Å²) in [6.45, 7) is 1.15. The Hall–Kier alpha value is -1.50. The number of nitrogens with zero attached hydrogens (tertiary/aromatic N) is 1. The van der Waals surface area contributed by atoms with E-state index >= 15 is 0 Å². The lowest BCUT2D eigenvalue weighted by Gasteiger charge is -1.88. The van der Waals surface area contributed by atoms with Gasteiger partial charge < -0.3 is 10.2 Å². The fraction of sp³-hybridized carbons (Fsp3) is 0.200. The molecule has 0 atom stereocenters. The summed E-state index contributed by atoms with van der Waals surface area (Å²) >= 11 is 0. The second kappa shape index (κ2) is 2.72. The van der Waals surface area contributed by atoms with E-state index in [0.717, 1.165) is 6.92 Å². The molecule has 2 N–H and O–H groups in total. The van der Waals surface area contributed by atoms with Crippen molar-refractivity contribution >= 4 is 5.97 Å². The van der Waals surface area contributed by atoms with Gasteiger partial charge in [0.05, 0.1) is 0 Å². The van der Waals surface area contributed by atoms with Crippen LogP contribution in [0.4, 0.5) is 0 Å². The Kier molecular flexibility index (Phi) is 2.27.